The van der Waals surface area contributed by atoms with Crippen molar-refractivity contribution in [3.63, 3.8) is 0 Å². The highest BCUT2D eigenvalue weighted by Gasteiger charge is 2.25. The highest BCUT2D eigenvalue weighted by atomic mass is 16.3. The fourth-order valence-corrected chi connectivity index (χ4v) is 4.06. The minimum atomic E-state index is -0.631. The van der Waals surface area contributed by atoms with Crippen LogP contribution in [0.1, 0.15) is 28.5 Å². The molecule has 4 rings (SSSR count). The van der Waals surface area contributed by atoms with E-state index in [4.69, 9.17) is 0 Å². The lowest BCUT2D eigenvalue weighted by atomic mass is 10.00. The van der Waals surface area contributed by atoms with Crippen molar-refractivity contribution in [2.24, 2.45) is 0 Å². The lowest BCUT2D eigenvalue weighted by Gasteiger charge is -2.39. The number of anilines is 1. The number of carbonyl (C=O) groups is 1. The van der Waals surface area contributed by atoms with Gasteiger partial charge in [0, 0.05) is 45.3 Å². The lowest BCUT2D eigenvalue weighted by molar-refractivity contribution is 0.0838. The molecule has 0 radical (unpaired) electrons. The van der Waals surface area contributed by atoms with E-state index in [1.807, 2.05) is 0 Å². The predicted octanol–water partition coefficient (Wildman–Crippen LogP) is 0.742. The van der Waals surface area contributed by atoms with E-state index in [1.165, 1.54) is 17.5 Å². The minimum Gasteiger partial charge on any atom is -0.390 e. The zero-order valence-corrected chi connectivity index (χ0v) is 17.4. The monoisotopic (exact) mass is 410 g/mol. The van der Waals surface area contributed by atoms with Crippen molar-refractivity contribution in [1.82, 2.24) is 25.1 Å². The van der Waals surface area contributed by atoms with Gasteiger partial charge in [0.05, 0.1) is 12.1 Å². The molecular formula is C22H30N6O2. The number of fused-ring (bicyclic) bond motifs is 1. The Kier molecular flexibility index (Phi) is 6.56. The zero-order chi connectivity index (χ0) is 20.9. The quantitative estimate of drug-likeness (QED) is 0.591. The first kappa shape index (κ1) is 20.7. The molecule has 30 heavy (non-hydrogen) atoms. The molecule has 2 aliphatic heterocycles. The number of likely N-dealkylation sites (N-methyl/N-ethyl adjacent to an activating group) is 1. The van der Waals surface area contributed by atoms with Crippen molar-refractivity contribution in [3.05, 3.63) is 53.5 Å². The molecule has 2 aromatic rings. The summed E-state index contributed by atoms with van der Waals surface area (Å²) in [5, 5.41) is 16.5. The highest BCUT2D eigenvalue weighted by molar-refractivity contribution is 5.92. The Bertz CT molecular complexity index is 870. The molecule has 1 fully saturated rings. The fraction of sp³-hybridized carbons (Fsp3) is 0.500. The maximum atomic E-state index is 12.5. The first-order chi connectivity index (χ1) is 14.6. The summed E-state index contributed by atoms with van der Waals surface area (Å²) in [4.78, 5) is 25.3. The molecule has 3 N–H and O–H groups in total. The zero-order valence-electron chi connectivity index (χ0n) is 17.4. The molecule has 8 heteroatoms. The molecule has 1 saturated heterocycles. The van der Waals surface area contributed by atoms with Crippen molar-refractivity contribution in [1.29, 1.82) is 0 Å². The van der Waals surface area contributed by atoms with Crippen LogP contribution in [0, 0.1) is 0 Å². The predicted molar refractivity (Wildman–Crippen MR) is 115 cm³/mol. The molecule has 2 aliphatic rings. The third kappa shape index (κ3) is 5.13. The van der Waals surface area contributed by atoms with E-state index in [1.54, 1.807) is 6.07 Å². The number of benzene rings is 1. The maximum absolute atomic E-state index is 12.5. The van der Waals surface area contributed by atoms with Crippen LogP contribution in [0.15, 0.2) is 36.7 Å². The van der Waals surface area contributed by atoms with Crippen LogP contribution >= 0.6 is 0 Å². The van der Waals surface area contributed by atoms with E-state index in [9.17, 15) is 9.90 Å². The molecule has 0 bridgehead atoms. The number of aliphatic hydroxyl groups excluding tert-OH is 1. The molecule has 0 saturated carbocycles. The van der Waals surface area contributed by atoms with E-state index < -0.39 is 6.10 Å². The number of carbonyl (C=O) groups excluding carboxylic acids is 1. The number of nitrogens with zero attached hydrogens (tertiary/aromatic N) is 4. The lowest BCUT2D eigenvalue weighted by Crippen LogP contribution is -2.54. The normalized spacial score (nSPS) is 18.3. The average Bonchev–Trinajstić information content (AvgIpc) is 2.74. The van der Waals surface area contributed by atoms with Gasteiger partial charge in [0.1, 0.15) is 17.8 Å². The van der Waals surface area contributed by atoms with Gasteiger partial charge in [0.15, 0.2) is 0 Å². The van der Waals surface area contributed by atoms with Crippen LogP contribution in [0.2, 0.25) is 0 Å². The SMILES string of the molecule is CCN1CC(Nc2cc(C(=O)NC[C@H](O)CN3CCc4ccccc4C3)ncn2)C1. The Hall–Kier alpha value is -2.55. The summed E-state index contributed by atoms with van der Waals surface area (Å²) in [6.07, 6.45) is 1.76. The number of rotatable bonds is 8. The average molecular weight is 411 g/mol. The second kappa shape index (κ2) is 9.51. The summed E-state index contributed by atoms with van der Waals surface area (Å²) in [7, 11) is 0. The number of aromatic nitrogens is 2. The number of β-amino-alcohol motifs (C(OH)–C–C–N with tert-alkyl or cyclic N) is 1. The summed E-state index contributed by atoms with van der Waals surface area (Å²) in [5.74, 6) is 0.357. The van der Waals surface area contributed by atoms with Crippen LogP contribution in [0.4, 0.5) is 5.82 Å². The Labute approximate surface area is 177 Å². The van der Waals surface area contributed by atoms with Crippen molar-refractivity contribution < 1.29 is 9.90 Å². The van der Waals surface area contributed by atoms with Gasteiger partial charge in [-0.25, -0.2) is 9.97 Å². The second-order valence-corrected chi connectivity index (χ2v) is 8.10. The van der Waals surface area contributed by atoms with Crippen molar-refractivity contribution in [2.75, 3.05) is 44.6 Å². The van der Waals surface area contributed by atoms with Gasteiger partial charge in [-0.05, 0) is 24.1 Å². The van der Waals surface area contributed by atoms with Gasteiger partial charge in [-0.3, -0.25) is 14.6 Å². The number of hydrogen-bond donors (Lipinski definition) is 3. The molecule has 0 unspecified atom stereocenters. The molecule has 1 aromatic carbocycles. The van der Waals surface area contributed by atoms with Crippen molar-refractivity contribution in [3.8, 4) is 0 Å². The van der Waals surface area contributed by atoms with Crippen molar-refractivity contribution >= 4 is 11.7 Å². The highest BCUT2D eigenvalue weighted by Crippen LogP contribution is 2.18. The maximum Gasteiger partial charge on any atom is 0.270 e. The molecule has 3 heterocycles. The Morgan fingerprint density at radius 1 is 1.23 bits per heavy atom. The molecule has 0 aliphatic carbocycles. The molecular weight excluding hydrogens is 380 g/mol. The van der Waals surface area contributed by atoms with Gasteiger partial charge in [0.25, 0.3) is 5.91 Å². The molecule has 1 aromatic heterocycles. The molecule has 1 amide bonds. The second-order valence-electron chi connectivity index (χ2n) is 8.10. The molecule has 160 valence electrons. The summed E-state index contributed by atoms with van der Waals surface area (Å²) in [6, 6.07) is 10.4. The van der Waals surface area contributed by atoms with Gasteiger partial charge in [-0.2, -0.15) is 0 Å². The molecule has 1 atom stereocenters. The first-order valence-electron chi connectivity index (χ1n) is 10.7. The molecule has 8 nitrogen and oxygen atoms in total. The Balaban J connectivity index is 1.23. The number of amides is 1. The van der Waals surface area contributed by atoms with Gasteiger partial charge in [0.2, 0.25) is 0 Å². The van der Waals surface area contributed by atoms with Gasteiger partial charge < -0.3 is 15.7 Å². The summed E-state index contributed by atoms with van der Waals surface area (Å²) in [5.41, 5.74) is 3.00. The van der Waals surface area contributed by atoms with E-state index in [2.05, 4.69) is 61.6 Å². The van der Waals surface area contributed by atoms with E-state index in [-0.39, 0.29) is 12.5 Å². The van der Waals surface area contributed by atoms with Crippen LogP contribution in [0.5, 0.6) is 0 Å². The Morgan fingerprint density at radius 3 is 2.83 bits per heavy atom. The standard InChI is InChI=1S/C22H30N6O2/c1-2-27-12-18(13-27)26-21-9-20(24-15-25-21)22(30)23-10-19(29)14-28-8-7-16-5-3-4-6-17(16)11-28/h3-6,9,15,18-19,29H,2,7-8,10-14H2,1H3,(H,23,30)(H,24,25,26)/t19-/m0/s1. The van der Waals surface area contributed by atoms with Crippen LogP contribution < -0.4 is 10.6 Å². The third-order valence-electron chi connectivity index (χ3n) is 5.83. The minimum absolute atomic E-state index is 0.192. The first-order valence-corrected chi connectivity index (χ1v) is 10.7. The van der Waals surface area contributed by atoms with E-state index in [0.717, 1.165) is 39.1 Å². The summed E-state index contributed by atoms with van der Waals surface area (Å²) in [6.45, 7) is 7.62. The summed E-state index contributed by atoms with van der Waals surface area (Å²) >= 11 is 0. The summed E-state index contributed by atoms with van der Waals surface area (Å²) < 4.78 is 0. The molecule has 0 spiro atoms. The number of likely N-dealkylation sites (tertiary alicyclic amines) is 1. The van der Waals surface area contributed by atoms with Gasteiger partial charge in [-0.1, -0.05) is 31.2 Å². The number of hydrogen-bond acceptors (Lipinski definition) is 7. The Morgan fingerprint density at radius 2 is 2.03 bits per heavy atom. The van der Waals surface area contributed by atoms with Crippen molar-refractivity contribution in [2.45, 2.75) is 32.0 Å². The van der Waals surface area contributed by atoms with E-state index >= 15 is 0 Å². The fourth-order valence-electron chi connectivity index (χ4n) is 4.06. The van der Waals surface area contributed by atoms with Crippen LogP contribution in [0.25, 0.3) is 0 Å². The van der Waals surface area contributed by atoms with Crippen LogP contribution in [0.3, 0.4) is 0 Å². The smallest absolute Gasteiger partial charge is 0.270 e. The van der Waals surface area contributed by atoms with Gasteiger partial charge >= 0.3 is 0 Å². The topological polar surface area (TPSA) is 93.6 Å². The van der Waals surface area contributed by atoms with Gasteiger partial charge in [-0.15, -0.1) is 0 Å². The number of nitrogens with one attached hydrogen (secondary N) is 2. The third-order valence-corrected chi connectivity index (χ3v) is 5.83. The largest absolute Gasteiger partial charge is 0.390 e. The van der Waals surface area contributed by atoms with E-state index in [0.29, 0.717) is 24.1 Å². The van der Waals surface area contributed by atoms with Crippen LogP contribution in [-0.4, -0.2) is 82.2 Å². The number of aliphatic hydroxyl groups is 1. The van der Waals surface area contributed by atoms with Crippen LogP contribution in [-0.2, 0) is 13.0 Å².